The maximum absolute atomic E-state index is 6.56. The van der Waals surface area contributed by atoms with E-state index in [1.165, 1.54) is 0 Å². The van der Waals surface area contributed by atoms with Crippen LogP contribution >= 0.6 is 0 Å². The van der Waals surface area contributed by atoms with E-state index < -0.39 is 12.3 Å². The molecule has 0 radical (unpaired) electrons. The predicted octanol–water partition coefficient (Wildman–Crippen LogP) is 7.53. The summed E-state index contributed by atoms with van der Waals surface area (Å²) in [6.07, 6.45) is 0.466. The number of rotatable bonds is 25. The van der Waals surface area contributed by atoms with Crippen molar-refractivity contribution in [1.29, 1.82) is 0 Å². The smallest absolute Gasteiger partial charge is 0.682 e. The third kappa shape index (κ3) is 13.5. The zero-order chi connectivity index (χ0) is 52.9. The molecule has 3 aliphatic heterocycles. The van der Waals surface area contributed by atoms with Gasteiger partial charge in [0.25, 0.3) is 0 Å². The summed E-state index contributed by atoms with van der Waals surface area (Å²) in [4.78, 5) is 42.1. The molecule has 78 heavy (non-hydrogen) atoms. The van der Waals surface area contributed by atoms with Crippen LogP contribution in [0.3, 0.4) is 0 Å². The van der Waals surface area contributed by atoms with Crippen molar-refractivity contribution in [2.75, 3.05) is 86.3 Å². The van der Waals surface area contributed by atoms with Crippen LogP contribution in [0.4, 0.5) is 5.82 Å². The molecule has 0 amide bonds. The number of aliphatic imine (C=N–C) groups is 4. The van der Waals surface area contributed by atoms with Crippen LogP contribution in [-0.2, 0) is 38.4 Å². The van der Waals surface area contributed by atoms with Gasteiger partial charge in [-0.25, -0.2) is 29.9 Å². The van der Waals surface area contributed by atoms with Crippen molar-refractivity contribution in [3.63, 3.8) is 0 Å². The molecule has 2 unspecified atom stereocenters. The Morgan fingerprint density at radius 2 is 1.08 bits per heavy atom. The fourth-order valence-electron chi connectivity index (χ4n) is 9.02. The van der Waals surface area contributed by atoms with Crippen LogP contribution in [0, 0.1) is 27.7 Å². The van der Waals surface area contributed by atoms with E-state index in [0.717, 1.165) is 61.6 Å². The SMILES string of the molecule is CN=C1N/C(=N\C2N=C(NC3=NC([N-]c4[n-]cc5ccccc45)c4c(OCCOCCOCCOc5nc(C)cc(C)n5)ccc(OCCOCCOCCOc5nc(C)cc(C)n5)c43)c3ccccc32)c2ccccc21.[Zn+2]. The number of hydrogen-bond donors (Lipinski definition) is 2. The normalized spacial score (nSPS) is 16.0. The molecule has 21 heteroatoms. The number of ether oxygens (including phenoxy) is 8. The topological polar surface area (TPSA) is 227 Å². The molecular formula is C57H60N12O8Zn. The van der Waals surface area contributed by atoms with Crippen LogP contribution in [0.15, 0.2) is 123 Å². The summed E-state index contributed by atoms with van der Waals surface area (Å²) in [5.41, 5.74) is 8.50. The molecule has 10 rings (SSSR count). The van der Waals surface area contributed by atoms with Crippen molar-refractivity contribution >= 4 is 39.9 Å². The maximum atomic E-state index is 6.56. The second-order valence-electron chi connectivity index (χ2n) is 18.0. The summed E-state index contributed by atoms with van der Waals surface area (Å²) in [6, 6.07) is 32.3. The largest absolute Gasteiger partial charge is 2.00 e. The van der Waals surface area contributed by atoms with Gasteiger partial charge >= 0.3 is 31.5 Å². The van der Waals surface area contributed by atoms with Gasteiger partial charge in [-0.3, -0.25) is 15.8 Å². The van der Waals surface area contributed by atoms with Crippen molar-refractivity contribution in [3.8, 4) is 23.5 Å². The van der Waals surface area contributed by atoms with Gasteiger partial charge in [-0.05, 0) is 57.3 Å². The Morgan fingerprint density at radius 1 is 0.564 bits per heavy atom. The third-order valence-electron chi connectivity index (χ3n) is 12.4. The van der Waals surface area contributed by atoms with Crippen molar-refractivity contribution in [3.05, 3.63) is 165 Å². The Morgan fingerprint density at radius 3 is 1.69 bits per heavy atom. The summed E-state index contributed by atoms with van der Waals surface area (Å²) in [6.45, 7) is 11.5. The number of benzene rings is 4. The molecule has 2 atom stereocenters. The monoisotopic (exact) mass is 1100 g/mol. The van der Waals surface area contributed by atoms with Crippen molar-refractivity contribution in [1.82, 2.24) is 35.6 Å². The van der Waals surface area contributed by atoms with Crippen LogP contribution in [0.2, 0.25) is 0 Å². The molecule has 0 fully saturated rings. The van der Waals surface area contributed by atoms with Crippen LogP contribution < -0.4 is 34.6 Å². The molecule has 7 aromatic rings. The molecule has 4 aromatic carbocycles. The molecule has 3 aromatic heterocycles. The average molecular weight is 1110 g/mol. The van der Waals surface area contributed by atoms with Gasteiger partial charge in [0.1, 0.15) is 61.3 Å². The van der Waals surface area contributed by atoms with Crippen LogP contribution in [0.5, 0.6) is 23.5 Å². The minimum atomic E-state index is -0.784. The Balaban J connectivity index is 0.00000740. The number of nitrogens with one attached hydrogen (secondary N) is 2. The zero-order valence-electron chi connectivity index (χ0n) is 44.4. The van der Waals surface area contributed by atoms with E-state index >= 15 is 0 Å². The molecule has 0 saturated carbocycles. The first kappa shape index (κ1) is 55.1. The number of nitrogens with zero attached hydrogens (tertiary/aromatic N) is 10. The Hall–Kier alpha value is -7.68. The molecule has 0 aliphatic carbocycles. The summed E-state index contributed by atoms with van der Waals surface area (Å²) in [7, 11) is 1.76. The molecule has 0 bridgehead atoms. The van der Waals surface area contributed by atoms with E-state index in [0.29, 0.717) is 124 Å². The zero-order valence-corrected chi connectivity index (χ0v) is 47.4. The number of amidine groups is 4. The van der Waals surface area contributed by atoms with Crippen LogP contribution in [0.1, 0.15) is 68.5 Å². The van der Waals surface area contributed by atoms with Gasteiger partial charge < -0.3 is 58.8 Å². The van der Waals surface area contributed by atoms with Gasteiger partial charge in [-0.15, -0.1) is 0 Å². The molecule has 3 aliphatic rings. The van der Waals surface area contributed by atoms with E-state index in [-0.39, 0.29) is 32.7 Å². The van der Waals surface area contributed by atoms with Gasteiger partial charge in [0, 0.05) is 63.8 Å². The minimum absolute atomic E-state index is 0. The summed E-state index contributed by atoms with van der Waals surface area (Å²) < 4.78 is 47.8. The maximum Gasteiger partial charge on any atom is 2.00 e. The van der Waals surface area contributed by atoms with Gasteiger partial charge in [0.05, 0.1) is 58.4 Å². The second kappa shape index (κ2) is 26.6. The first-order chi connectivity index (χ1) is 37.8. The van der Waals surface area contributed by atoms with Crippen molar-refractivity contribution in [2.45, 2.75) is 40.0 Å². The van der Waals surface area contributed by atoms with E-state index in [4.69, 9.17) is 63.2 Å². The molecule has 398 valence electrons. The first-order valence-electron chi connectivity index (χ1n) is 25.6. The Labute approximate surface area is 465 Å². The van der Waals surface area contributed by atoms with E-state index in [1.54, 1.807) is 7.05 Å². The fourth-order valence-corrected chi connectivity index (χ4v) is 9.02. The fraction of sp³-hybridized carbons (Fsp3) is 0.333. The van der Waals surface area contributed by atoms with Gasteiger partial charge in [-0.2, -0.15) is 6.20 Å². The van der Waals surface area contributed by atoms with Crippen LogP contribution in [-0.4, -0.2) is 130 Å². The molecule has 20 nitrogen and oxygen atoms in total. The molecule has 2 N–H and O–H groups in total. The van der Waals surface area contributed by atoms with Crippen molar-refractivity contribution in [2.24, 2.45) is 20.0 Å². The van der Waals surface area contributed by atoms with Crippen molar-refractivity contribution < 1.29 is 57.4 Å². The summed E-state index contributed by atoms with van der Waals surface area (Å²) >= 11 is 0. The van der Waals surface area contributed by atoms with E-state index in [9.17, 15) is 0 Å². The Bertz CT molecular complexity index is 3290. The van der Waals surface area contributed by atoms with E-state index in [1.807, 2.05) is 131 Å². The first-order valence-corrected chi connectivity index (χ1v) is 25.6. The molecule has 0 spiro atoms. The average Bonchev–Trinajstić information content (AvgIpc) is 4.41. The number of fused-ring (bicyclic) bond motifs is 4. The molecule has 0 saturated heterocycles. The number of aromatic nitrogens is 5. The number of aryl methyl sites for hydroxylation is 4. The minimum Gasteiger partial charge on any atom is -0.682 e. The number of hydrogen-bond acceptors (Lipinski definition) is 17. The summed E-state index contributed by atoms with van der Waals surface area (Å²) in [5, 5.41) is 14.1. The molecule has 6 heterocycles. The second-order valence-corrected chi connectivity index (χ2v) is 18.0. The van der Waals surface area contributed by atoms with Gasteiger partial charge in [-0.1, -0.05) is 78.2 Å². The third-order valence-corrected chi connectivity index (χ3v) is 12.4. The van der Waals surface area contributed by atoms with Gasteiger partial charge in [0.15, 0.2) is 6.17 Å². The quantitative estimate of drug-likeness (QED) is 0.0417. The predicted molar refractivity (Wildman–Crippen MR) is 292 cm³/mol. The summed E-state index contributed by atoms with van der Waals surface area (Å²) in [5.74, 6) is 4.17. The van der Waals surface area contributed by atoms with Gasteiger partial charge in [0.2, 0.25) is 0 Å². The Kier molecular flexibility index (Phi) is 18.8. The standard InChI is InChI=1S/C57H60N12O8.Zn/c1-35-32-36(2)61-56(60-35)76-30-26-72-22-20-70-24-28-74-45-18-19-46(75-29-25-71-21-23-73-27-31-77-57-62-37(3)33-38(4)63-57)48-47(45)54(65-50-40-13-7-6-12-39(40)34-59-50)69-55(48)68-53-44-17-11-10-16-43(44)52(67-53)66-51-42-15-9-8-14-41(42)49(58-5)64-51;/h6-19,32-34,52,54H,20-31H2,1-5H3,(H,58,64,66)(H,67,68,69);/q-2;+2. The van der Waals surface area contributed by atoms with E-state index in [2.05, 4.69) is 35.6 Å². The van der Waals surface area contributed by atoms with Crippen LogP contribution in [0.25, 0.3) is 16.1 Å². The molecular weight excluding hydrogens is 1050 g/mol.